The molecular weight excluding hydrogens is 396 g/mol. The molecule has 1 N–H and O–H groups in total. The first-order valence-electron chi connectivity index (χ1n) is 10.6. The summed E-state index contributed by atoms with van der Waals surface area (Å²) in [7, 11) is 0. The number of amides is 1. The Kier molecular flexibility index (Phi) is 6.29. The first-order valence-corrected chi connectivity index (χ1v) is 11.5. The molecule has 0 radical (unpaired) electrons. The lowest BCUT2D eigenvalue weighted by Gasteiger charge is -2.27. The van der Waals surface area contributed by atoms with E-state index in [1.165, 1.54) is 22.4 Å². The number of hydrogen-bond acceptors (Lipinski definition) is 5. The first-order chi connectivity index (χ1) is 14.5. The summed E-state index contributed by atoms with van der Waals surface area (Å²) in [5, 5.41) is 10.8. The van der Waals surface area contributed by atoms with E-state index in [-0.39, 0.29) is 23.4 Å². The number of carbonyl (C=O) groups excluding carboxylic acids is 1. The normalized spacial score (nSPS) is 15.7. The molecule has 0 spiro atoms. The summed E-state index contributed by atoms with van der Waals surface area (Å²) in [6.45, 7) is 7.18. The lowest BCUT2D eigenvalue weighted by Crippen LogP contribution is -2.38. The third-order valence-electron chi connectivity index (χ3n) is 5.53. The number of hydrogen-bond donors (Lipinski definition) is 1. The van der Waals surface area contributed by atoms with Crippen LogP contribution < -0.4 is 10.9 Å². The maximum Gasteiger partial charge on any atom is 0.274 e. The van der Waals surface area contributed by atoms with Crippen LogP contribution >= 0.6 is 11.3 Å². The van der Waals surface area contributed by atoms with Gasteiger partial charge in [-0.05, 0) is 49.4 Å². The number of aromatic nitrogens is 2. The highest BCUT2D eigenvalue weighted by Gasteiger charge is 2.25. The van der Waals surface area contributed by atoms with E-state index in [2.05, 4.69) is 32.8 Å². The molecular formula is C23H28N4O2S. The van der Waals surface area contributed by atoms with E-state index in [0.29, 0.717) is 29.6 Å². The Hall–Kier alpha value is -2.51. The molecule has 3 heterocycles. The van der Waals surface area contributed by atoms with Crippen molar-refractivity contribution in [2.75, 3.05) is 19.6 Å². The van der Waals surface area contributed by atoms with Crippen molar-refractivity contribution in [3.05, 3.63) is 62.7 Å². The van der Waals surface area contributed by atoms with Gasteiger partial charge in [-0.25, -0.2) is 4.68 Å². The van der Waals surface area contributed by atoms with Gasteiger partial charge in [0.05, 0.1) is 11.4 Å². The Morgan fingerprint density at radius 1 is 1.13 bits per heavy atom. The van der Waals surface area contributed by atoms with E-state index >= 15 is 0 Å². The van der Waals surface area contributed by atoms with Crippen LogP contribution in [0.3, 0.4) is 0 Å². The minimum Gasteiger partial charge on any atom is -0.349 e. The molecule has 1 saturated heterocycles. The van der Waals surface area contributed by atoms with Gasteiger partial charge in [0.2, 0.25) is 0 Å². The van der Waals surface area contributed by atoms with Crippen molar-refractivity contribution >= 4 is 28.0 Å². The van der Waals surface area contributed by atoms with Gasteiger partial charge in [0, 0.05) is 23.4 Å². The third-order valence-corrected chi connectivity index (χ3v) is 6.50. The molecule has 1 atom stereocenters. The highest BCUT2D eigenvalue weighted by atomic mass is 32.1. The smallest absolute Gasteiger partial charge is 0.274 e. The largest absolute Gasteiger partial charge is 0.349 e. The van der Waals surface area contributed by atoms with E-state index in [4.69, 9.17) is 0 Å². The van der Waals surface area contributed by atoms with E-state index in [1.54, 1.807) is 23.5 Å². The van der Waals surface area contributed by atoms with Gasteiger partial charge in [-0.1, -0.05) is 38.1 Å². The maximum atomic E-state index is 13.2. The summed E-state index contributed by atoms with van der Waals surface area (Å²) >= 11 is 1.73. The first kappa shape index (κ1) is 20.8. The van der Waals surface area contributed by atoms with E-state index < -0.39 is 0 Å². The van der Waals surface area contributed by atoms with E-state index in [1.807, 2.05) is 26.0 Å². The highest BCUT2D eigenvalue weighted by Crippen LogP contribution is 2.28. The van der Waals surface area contributed by atoms with Crippen LogP contribution in [-0.2, 0) is 6.54 Å². The number of fused-ring (bicyclic) bond motifs is 1. The number of benzene rings is 1. The minimum absolute atomic E-state index is 0.149. The number of thiophene rings is 1. The molecule has 4 rings (SSSR count). The third kappa shape index (κ3) is 4.32. The molecule has 1 aliphatic heterocycles. The molecule has 158 valence electrons. The monoisotopic (exact) mass is 424 g/mol. The Labute approximate surface area is 180 Å². The number of rotatable bonds is 7. The lowest BCUT2D eigenvalue weighted by molar-refractivity contribution is 0.0932. The molecule has 2 aromatic heterocycles. The molecule has 0 bridgehead atoms. The Morgan fingerprint density at radius 2 is 1.87 bits per heavy atom. The van der Waals surface area contributed by atoms with Crippen LogP contribution in [0.5, 0.6) is 0 Å². The summed E-state index contributed by atoms with van der Waals surface area (Å²) < 4.78 is 1.43. The Balaban J connectivity index is 1.62. The van der Waals surface area contributed by atoms with Gasteiger partial charge in [0.25, 0.3) is 11.5 Å². The van der Waals surface area contributed by atoms with E-state index in [9.17, 15) is 9.59 Å². The average Bonchev–Trinajstić information content (AvgIpc) is 3.45. The summed E-state index contributed by atoms with van der Waals surface area (Å²) in [6, 6.07) is 11.6. The van der Waals surface area contributed by atoms with Crippen molar-refractivity contribution in [3.63, 3.8) is 0 Å². The summed E-state index contributed by atoms with van der Waals surface area (Å²) in [5.74, 6) is 0.0232. The number of likely N-dealkylation sites (tertiary alicyclic amines) is 1. The standard InChI is InChI=1S/C23H28N4O2S/c1-16(2)15-27-23(29)18-9-4-3-8-17(18)21(25-27)22(28)24-14-19(20-10-7-13-30-20)26-11-5-6-12-26/h3-4,7-10,13,16,19H,5-6,11-12,14-15H2,1-2H3,(H,24,28). The fourth-order valence-corrected chi connectivity index (χ4v) is 4.95. The Morgan fingerprint density at radius 3 is 2.53 bits per heavy atom. The zero-order valence-electron chi connectivity index (χ0n) is 17.5. The van der Waals surface area contributed by atoms with Gasteiger partial charge >= 0.3 is 0 Å². The zero-order chi connectivity index (χ0) is 21.1. The van der Waals surface area contributed by atoms with Crippen molar-refractivity contribution in [2.24, 2.45) is 5.92 Å². The molecule has 0 saturated carbocycles. The highest BCUT2D eigenvalue weighted by molar-refractivity contribution is 7.10. The summed E-state index contributed by atoms with van der Waals surface area (Å²) in [4.78, 5) is 29.7. The van der Waals surface area contributed by atoms with Crippen LogP contribution in [0.4, 0.5) is 0 Å². The number of carbonyl (C=O) groups is 1. The molecule has 7 heteroatoms. The van der Waals surface area contributed by atoms with Crippen molar-refractivity contribution in [3.8, 4) is 0 Å². The zero-order valence-corrected chi connectivity index (χ0v) is 18.3. The van der Waals surface area contributed by atoms with E-state index in [0.717, 1.165) is 13.1 Å². The Bertz CT molecular complexity index is 1070. The van der Waals surface area contributed by atoms with Gasteiger partial charge in [-0.2, -0.15) is 5.10 Å². The van der Waals surface area contributed by atoms with Crippen molar-refractivity contribution in [1.29, 1.82) is 0 Å². The van der Waals surface area contributed by atoms with Gasteiger partial charge in [-0.15, -0.1) is 11.3 Å². The van der Waals surface area contributed by atoms with Gasteiger partial charge in [-0.3, -0.25) is 14.5 Å². The second-order valence-electron chi connectivity index (χ2n) is 8.26. The van der Waals surface area contributed by atoms with Crippen LogP contribution in [-0.4, -0.2) is 40.2 Å². The minimum atomic E-state index is -0.232. The second-order valence-corrected chi connectivity index (χ2v) is 9.24. The average molecular weight is 425 g/mol. The van der Waals surface area contributed by atoms with Crippen LogP contribution in [0.25, 0.3) is 10.8 Å². The molecule has 1 aromatic carbocycles. The molecule has 1 fully saturated rings. The summed E-state index contributed by atoms with van der Waals surface area (Å²) in [5.41, 5.74) is 0.168. The van der Waals surface area contributed by atoms with Gasteiger partial charge in [0.15, 0.2) is 5.69 Å². The molecule has 1 aliphatic rings. The van der Waals surface area contributed by atoms with Crippen molar-refractivity contribution < 1.29 is 4.79 Å². The molecule has 1 unspecified atom stereocenters. The number of nitrogens with one attached hydrogen (secondary N) is 1. The van der Waals surface area contributed by atoms with Crippen LogP contribution in [0.1, 0.15) is 48.1 Å². The molecule has 3 aromatic rings. The molecule has 30 heavy (non-hydrogen) atoms. The van der Waals surface area contributed by atoms with Crippen molar-refractivity contribution in [2.45, 2.75) is 39.3 Å². The van der Waals surface area contributed by atoms with Crippen molar-refractivity contribution in [1.82, 2.24) is 20.0 Å². The molecule has 0 aliphatic carbocycles. The van der Waals surface area contributed by atoms with Crippen LogP contribution in [0, 0.1) is 5.92 Å². The predicted octanol–water partition coefficient (Wildman–Crippen LogP) is 3.68. The maximum absolute atomic E-state index is 13.2. The molecule has 6 nitrogen and oxygen atoms in total. The molecule has 1 amide bonds. The topological polar surface area (TPSA) is 67.2 Å². The SMILES string of the molecule is CC(C)Cn1nc(C(=O)NCC(c2cccs2)N2CCCC2)c2ccccc2c1=O. The predicted molar refractivity (Wildman–Crippen MR) is 121 cm³/mol. The fourth-order valence-electron chi connectivity index (χ4n) is 4.09. The number of nitrogens with zero attached hydrogens (tertiary/aromatic N) is 3. The fraction of sp³-hybridized carbons (Fsp3) is 0.435. The second kappa shape index (κ2) is 9.10. The summed E-state index contributed by atoms with van der Waals surface area (Å²) in [6.07, 6.45) is 2.39. The van der Waals surface area contributed by atoms with Crippen LogP contribution in [0.2, 0.25) is 0 Å². The quantitative estimate of drug-likeness (QED) is 0.628. The lowest BCUT2D eigenvalue weighted by atomic mass is 10.1. The van der Waals surface area contributed by atoms with Gasteiger partial charge < -0.3 is 5.32 Å². The van der Waals surface area contributed by atoms with Gasteiger partial charge in [0.1, 0.15) is 0 Å². The van der Waals surface area contributed by atoms with Crippen LogP contribution in [0.15, 0.2) is 46.6 Å².